The van der Waals surface area contributed by atoms with Crippen LogP contribution in [0.15, 0.2) is 0 Å². The van der Waals surface area contributed by atoms with Crippen molar-refractivity contribution in [2.24, 2.45) is 0 Å². The maximum absolute atomic E-state index is 12.5. The summed E-state index contributed by atoms with van der Waals surface area (Å²) in [6.07, 6.45) is -3.59. The Balaban J connectivity index is 1.68. The third kappa shape index (κ3) is 4.31. The predicted octanol–water partition coefficient (Wildman–Crippen LogP) is 1.57. The van der Waals surface area contributed by atoms with Crippen LogP contribution in [0.5, 0.6) is 0 Å². The molecule has 20 heavy (non-hydrogen) atoms. The molecule has 2 aliphatic rings. The molecule has 0 aromatic carbocycles. The van der Waals surface area contributed by atoms with Gasteiger partial charge in [0.2, 0.25) is 0 Å². The number of ether oxygens (including phenoxy) is 2. The van der Waals surface area contributed by atoms with E-state index in [0.717, 1.165) is 19.4 Å². The highest BCUT2D eigenvalue weighted by molar-refractivity contribution is 4.88. The summed E-state index contributed by atoms with van der Waals surface area (Å²) in [6.45, 7) is 2.65. The first-order valence-electron chi connectivity index (χ1n) is 7.16. The van der Waals surface area contributed by atoms with E-state index >= 15 is 0 Å². The highest BCUT2D eigenvalue weighted by atomic mass is 19.4. The van der Waals surface area contributed by atoms with Crippen molar-refractivity contribution < 1.29 is 27.8 Å². The minimum atomic E-state index is -4.55. The SMILES string of the molecule is O[C@H]([C@H]1CCCN1CCOC[C@@H]1CCCO1)C(F)(F)F. The lowest BCUT2D eigenvalue weighted by Gasteiger charge is -2.29. The Morgan fingerprint density at radius 1 is 1.30 bits per heavy atom. The van der Waals surface area contributed by atoms with Gasteiger partial charge in [-0.2, -0.15) is 13.2 Å². The van der Waals surface area contributed by atoms with Gasteiger partial charge < -0.3 is 14.6 Å². The molecule has 1 N–H and O–H groups in total. The Bertz CT molecular complexity index is 295. The van der Waals surface area contributed by atoms with Crippen LogP contribution in [-0.2, 0) is 9.47 Å². The van der Waals surface area contributed by atoms with Crippen LogP contribution >= 0.6 is 0 Å². The molecule has 0 aliphatic carbocycles. The summed E-state index contributed by atoms with van der Waals surface area (Å²) in [5, 5.41) is 9.36. The summed E-state index contributed by atoms with van der Waals surface area (Å²) in [5.41, 5.74) is 0. The van der Waals surface area contributed by atoms with Gasteiger partial charge in [-0.05, 0) is 32.2 Å². The highest BCUT2D eigenvalue weighted by Gasteiger charge is 2.46. The topological polar surface area (TPSA) is 41.9 Å². The quantitative estimate of drug-likeness (QED) is 0.756. The zero-order chi connectivity index (χ0) is 14.6. The summed E-state index contributed by atoms with van der Waals surface area (Å²) in [4.78, 5) is 1.67. The van der Waals surface area contributed by atoms with Gasteiger partial charge in [-0.25, -0.2) is 0 Å². The van der Waals surface area contributed by atoms with Crippen molar-refractivity contribution in [3.63, 3.8) is 0 Å². The summed E-state index contributed by atoms with van der Waals surface area (Å²) in [5.74, 6) is 0. The third-order valence-corrected chi connectivity index (χ3v) is 3.96. The van der Waals surface area contributed by atoms with Gasteiger partial charge in [0.05, 0.1) is 19.3 Å². The normalized spacial score (nSPS) is 30.0. The number of hydrogen-bond donors (Lipinski definition) is 1. The molecule has 0 aromatic rings. The van der Waals surface area contributed by atoms with Gasteiger partial charge >= 0.3 is 6.18 Å². The van der Waals surface area contributed by atoms with E-state index in [1.807, 2.05) is 0 Å². The molecule has 4 nitrogen and oxygen atoms in total. The zero-order valence-electron chi connectivity index (χ0n) is 11.4. The van der Waals surface area contributed by atoms with Gasteiger partial charge in [0.1, 0.15) is 0 Å². The molecule has 2 saturated heterocycles. The first-order valence-corrected chi connectivity index (χ1v) is 7.16. The molecule has 3 atom stereocenters. The van der Waals surface area contributed by atoms with Crippen LogP contribution in [0.25, 0.3) is 0 Å². The zero-order valence-corrected chi connectivity index (χ0v) is 11.4. The molecule has 118 valence electrons. The lowest BCUT2D eigenvalue weighted by molar-refractivity contribution is -0.219. The smallest absolute Gasteiger partial charge is 0.382 e. The van der Waals surface area contributed by atoms with Gasteiger partial charge in [0.25, 0.3) is 0 Å². The lowest BCUT2D eigenvalue weighted by atomic mass is 10.1. The van der Waals surface area contributed by atoms with Crippen molar-refractivity contribution in [3.8, 4) is 0 Å². The van der Waals surface area contributed by atoms with Crippen molar-refractivity contribution in [1.29, 1.82) is 0 Å². The second kappa shape index (κ2) is 7.06. The molecule has 0 radical (unpaired) electrons. The van der Waals surface area contributed by atoms with Gasteiger partial charge in [0, 0.05) is 19.2 Å². The number of rotatable bonds is 6. The largest absolute Gasteiger partial charge is 0.415 e. The molecule has 0 amide bonds. The fourth-order valence-electron chi connectivity index (χ4n) is 2.88. The third-order valence-electron chi connectivity index (χ3n) is 3.96. The second-order valence-electron chi connectivity index (χ2n) is 5.44. The van der Waals surface area contributed by atoms with Crippen molar-refractivity contribution in [3.05, 3.63) is 0 Å². The van der Waals surface area contributed by atoms with Gasteiger partial charge in [-0.15, -0.1) is 0 Å². The van der Waals surface area contributed by atoms with Gasteiger partial charge in [0.15, 0.2) is 6.10 Å². The van der Waals surface area contributed by atoms with Crippen molar-refractivity contribution in [2.75, 3.05) is 32.9 Å². The Kier molecular flexibility index (Phi) is 5.65. The molecular weight excluding hydrogens is 275 g/mol. The van der Waals surface area contributed by atoms with E-state index in [2.05, 4.69) is 0 Å². The molecule has 2 rings (SSSR count). The minimum absolute atomic E-state index is 0.130. The van der Waals surface area contributed by atoms with Gasteiger partial charge in [-0.1, -0.05) is 0 Å². The molecule has 2 fully saturated rings. The summed E-state index contributed by atoms with van der Waals surface area (Å²) < 4.78 is 48.5. The lowest BCUT2D eigenvalue weighted by Crippen LogP contribution is -2.47. The van der Waals surface area contributed by atoms with E-state index in [1.54, 1.807) is 4.90 Å². The van der Waals surface area contributed by atoms with E-state index < -0.39 is 18.3 Å². The average Bonchev–Trinajstić information content (AvgIpc) is 3.04. The van der Waals surface area contributed by atoms with E-state index in [1.165, 1.54) is 0 Å². The van der Waals surface area contributed by atoms with Crippen LogP contribution in [0.3, 0.4) is 0 Å². The number of alkyl halides is 3. The van der Waals surface area contributed by atoms with Crippen molar-refractivity contribution >= 4 is 0 Å². The van der Waals surface area contributed by atoms with Crippen molar-refractivity contribution in [2.45, 2.75) is 50.1 Å². The number of nitrogens with zero attached hydrogens (tertiary/aromatic N) is 1. The Morgan fingerprint density at radius 2 is 2.10 bits per heavy atom. The summed E-state index contributed by atoms with van der Waals surface area (Å²) in [7, 11) is 0. The monoisotopic (exact) mass is 297 g/mol. The summed E-state index contributed by atoms with van der Waals surface area (Å²) >= 11 is 0. The van der Waals surface area contributed by atoms with Crippen LogP contribution < -0.4 is 0 Å². The Hall–Kier alpha value is -0.370. The van der Waals surface area contributed by atoms with Crippen LogP contribution in [0.4, 0.5) is 13.2 Å². The Morgan fingerprint density at radius 3 is 2.75 bits per heavy atom. The highest BCUT2D eigenvalue weighted by Crippen LogP contribution is 2.30. The first kappa shape index (κ1) is 16.0. The van der Waals surface area contributed by atoms with Crippen LogP contribution in [0.1, 0.15) is 25.7 Å². The maximum Gasteiger partial charge on any atom is 0.415 e. The number of hydrogen-bond acceptors (Lipinski definition) is 4. The first-order chi connectivity index (χ1) is 9.48. The Labute approximate surface area is 116 Å². The standard InChI is InChI=1S/C13H22F3NO3/c14-13(15,16)12(18)11-4-1-5-17(11)6-8-19-9-10-3-2-7-20-10/h10-12,18H,1-9H2/t10-,11+,12+/m0/s1. The molecule has 0 bridgehead atoms. The maximum atomic E-state index is 12.5. The van der Waals surface area contributed by atoms with Crippen LogP contribution in [-0.4, -0.2) is 67.3 Å². The second-order valence-corrected chi connectivity index (χ2v) is 5.44. The number of likely N-dealkylation sites (tertiary alicyclic amines) is 1. The molecule has 0 unspecified atom stereocenters. The number of aliphatic hydroxyl groups excluding tert-OH is 1. The molecule has 0 aromatic heterocycles. The summed E-state index contributed by atoms with van der Waals surface area (Å²) in [6, 6.07) is -0.832. The molecule has 7 heteroatoms. The molecule has 0 spiro atoms. The molecule has 2 aliphatic heterocycles. The molecule has 0 saturated carbocycles. The van der Waals surface area contributed by atoms with E-state index in [0.29, 0.717) is 39.1 Å². The fraction of sp³-hybridized carbons (Fsp3) is 1.00. The number of halogens is 3. The van der Waals surface area contributed by atoms with Crippen LogP contribution in [0.2, 0.25) is 0 Å². The van der Waals surface area contributed by atoms with E-state index in [-0.39, 0.29) is 6.10 Å². The van der Waals surface area contributed by atoms with Gasteiger partial charge in [-0.3, -0.25) is 4.90 Å². The van der Waals surface area contributed by atoms with Crippen molar-refractivity contribution in [1.82, 2.24) is 4.90 Å². The fourth-order valence-corrected chi connectivity index (χ4v) is 2.88. The minimum Gasteiger partial charge on any atom is -0.382 e. The predicted molar refractivity (Wildman–Crippen MR) is 66.4 cm³/mol. The molecule has 2 heterocycles. The van der Waals surface area contributed by atoms with E-state index in [4.69, 9.17) is 9.47 Å². The van der Waals surface area contributed by atoms with E-state index in [9.17, 15) is 18.3 Å². The van der Waals surface area contributed by atoms with Crippen LogP contribution in [0, 0.1) is 0 Å². The number of aliphatic hydroxyl groups is 1. The molecular formula is C13H22F3NO3. The average molecular weight is 297 g/mol.